The van der Waals surface area contributed by atoms with Crippen molar-refractivity contribution in [2.75, 3.05) is 26.3 Å². The number of carbonyl (C=O) groups is 3. The number of amides is 3. The van der Waals surface area contributed by atoms with Gasteiger partial charge in [-0.25, -0.2) is 4.39 Å². The Morgan fingerprint density at radius 2 is 1.69 bits per heavy atom. The molecule has 0 saturated carbocycles. The maximum atomic E-state index is 14.8. The van der Waals surface area contributed by atoms with Crippen LogP contribution in [0.15, 0.2) is 36.4 Å². The zero-order chi connectivity index (χ0) is 31.2. The third-order valence-electron chi connectivity index (χ3n) is 6.97. The molecule has 2 aromatic carbocycles. The zero-order valence-electron chi connectivity index (χ0n) is 24.1. The first kappa shape index (κ1) is 33.0. The lowest BCUT2D eigenvalue weighted by Crippen LogP contribution is -2.79. The van der Waals surface area contributed by atoms with Crippen LogP contribution in [-0.4, -0.2) is 91.9 Å². The number of morpholine rings is 1. The second-order valence-electron chi connectivity index (χ2n) is 9.44. The van der Waals surface area contributed by atoms with Gasteiger partial charge in [-0.1, -0.05) is 45.9 Å². The van der Waals surface area contributed by atoms with Crippen LogP contribution in [0.25, 0.3) is 0 Å². The molecule has 2 aromatic rings. The van der Waals surface area contributed by atoms with E-state index in [9.17, 15) is 39.2 Å². The lowest BCUT2D eigenvalue weighted by atomic mass is 9.90. The van der Waals surface area contributed by atoms with Crippen LogP contribution < -0.4 is 10.1 Å². The number of hydrogen-bond donors (Lipinski definition) is 5. The topological polar surface area (TPSA) is 169 Å². The number of ether oxygens (including phenoxy) is 2. The van der Waals surface area contributed by atoms with E-state index in [1.54, 1.807) is 17.4 Å². The van der Waals surface area contributed by atoms with E-state index in [0.717, 1.165) is 18.7 Å². The third kappa shape index (κ3) is 6.31. The normalized spacial score (nSPS) is 20.9. The van der Waals surface area contributed by atoms with Crippen molar-refractivity contribution < 1.29 is 48.7 Å². The van der Waals surface area contributed by atoms with Gasteiger partial charge in [0.25, 0.3) is 23.5 Å². The zero-order valence-corrected chi connectivity index (χ0v) is 24.1. The summed E-state index contributed by atoms with van der Waals surface area (Å²) in [6.07, 6.45) is 0. The van der Waals surface area contributed by atoms with Crippen molar-refractivity contribution in [2.45, 2.75) is 65.0 Å². The summed E-state index contributed by atoms with van der Waals surface area (Å²) in [6, 6.07) is 7.07. The number of halogens is 1. The molecular formula is C29H38FN3O9. The first-order valence-corrected chi connectivity index (χ1v) is 13.9. The minimum absolute atomic E-state index is 0.0609. The summed E-state index contributed by atoms with van der Waals surface area (Å²) < 4.78 is 25.9. The molecule has 1 atom stereocenters. The molecule has 42 heavy (non-hydrogen) atoms. The van der Waals surface area contributed by atoms with E-state index in [2.05, 4.69) is 4.90 Å². The minimum atomic E-state index is -3.76. The molecule has 12 nitrogen and oxygen atoms in total. The molecular weight excluding hydrogens is 553 g/mol. The van der Waals surface area contributed by atoms with Crippen molar-refractivity contribution in [1.82, 2.24) is 15.1 Å². The number of imide groups is 1. The lowest BCUT2D eigenvalue weighted by Gasteiger charge is -2.44. The Kier molecular flexibility index (Phi) is 10.8. The van der Waals surface area contributed by atoms with E-state index < -0.39 is 41.2 Å². The van der Waals surface area contributed by atoms with Crippen molar-refractivity contribution in [2.24, 2.45) is 0 Å². The number of piperidine rings is 1. The summed E-state index contributed by atoms with van der Waals surface area (Å²) >= 11 is 0. The van der Waals surface area contributed by atoms with Gasteiger partial charge in [0.15, 0.2) is 6.04 Å². The SMILES string of the molecule is CC.CC.O=C1NC(=O)C(O)(O)C(O)(O)C1N1Cc2c(OCc3ccc(CN4CCOCC4)cc3F)cccc2C1=O. The molecule has 5 N–H and O–H groups in total. The molecule has 0 spiro atoms. The highest BCUT2D eigenvalue weighted by Gasteiger charge is 2.67. The molecule has 1 unspecified atom stereocenters. The van der Waals surface area contributed by atoms with Crippen molar-refractivity contribution in [3.05, 3.63) is 64.5 Å². The Balaban J connectivity index is 0.00000116. The summed E-state index contributed by atoms with van der Waals surface area (Å²) in [5, 5.41) is 42.1. The quantitative estimate of drug-likeness (QED) is 0.237. The van der Waals surface area contributed by atoms with Crippen LogP contribution >= 0.6 is 0 Å². The van der Waals surface area contributed by atoms with Gasteiger partial charge in [0, 0.05) is 36.3 Å². The Hall–Kier alpha value is -3.46. The van der Waals surface area contributed by atoms with E-state index in [-0.39, 0.29) is 35.6 Å². The second kappa shape index (κ2) is 13.7. The van der Waals surface area contributed by atoms with Crippen LogP contribution in [0.2, 0.25) is 0 Å². The van der Waals surface area contributed by atoms with Gasteiger partial charge in [0.1, 0.15) is 18.2 Å². The van der Waals surface area contributed by atoms with Crippen LogP contribution in [-0.2, 0) is 34.0 Å². The van der Waals surface area contributed by atoms with Gasteiger partial charge < -0.3 is 34.8 Å². The first-order valence-electron chi connectivity index (χ1n) is 13.9. The molecule has 230 valence electrons. The number of nitrogens with zero attached hydrogens (tertiary/aromatic N) is 2. The fourth-order valence-electron chi connectivity index (χ4n) is 4.82. The summed E-state index contributed by atoms with van der Waals surface area (Å²) in [5.74, 6) is -11.6. The summed E-state index contributed by atoms with van der Waals surface area (Å²) in [7, 11) is 0. The molecule has 0 bridgehead atoms. The lowest BCUT2D eigenvalue weighted by molar-refractivity contribution is -0.355. The van der Waals surface area contributed by atoms with Gasteiger partial charge in [-0.15, -0.1) is 0 Å². The summed E-state index contributed by atoms with van der Waals surface area (Å²) in [6.45, 7) is 10.8. The van der Waals surface area contributed by atoms with Crippen molar-refractivity contribution in [1.29, 1.82) is 0 Å². The Morgan fingerprint density at radius 3 is 2.33 bits per heavy atom. The maximum absolute atomic E-state index is 14.8. The average Bonchev–Trinajstić information content (AvgIpc) is 3.30. The molecule has 2 saturated heterocycles. The smallest absolute Gasteiger partial charge is 0.303 e. The molecule has 5 rings (SSSR count). The largest absolute Gasteiger partial charge is 0.488 e. The average molecular weight is 592 g/mol. The van der Waals surface area contributed by atoms with E-state index in [1.807, 2.05) is 27.7 Å². The molecule has 3 aliphatic heterocycles. The van der Waals surface area contributed by atoms with Crippen LogP contribution in [0.5, 0.6) is 5.75 Å². The molecule has 3 aliphatic rings. The van der Waals surface area contributed by atoms with Gasteiger partial charge in [0.2, 0.25) is 0 Å². The predicted molar refractivity (Wildman–Crippen MR) is 147 cm³/mol. The number of benzene rings is 2. The highest BCUT2D eigenvalue weighted by molar-refractivity contribution is 6.08. The van der Waals surface area contributed by atoms with Crippen LogP contribution in [0.4, 0.5) is 4.39 Å². The molecule has 3 amide bonds. The van der Waals surface area contributed by atoms with Gasteiger partial charge in [-0.3, -0.25) is 24.6 Å². The van der Waals surface area contributed by atoms with E-state index in [0.29, 0.717) is 24.7 Å². The standard InChI is InChI=1S/C25H26FN3O9.2C2H6/c26-18-10-14(11-28-6-8-37-9-7-28)4-5-15(18)13-38-19-3-1-2-16-17(19)12-29(22(16)31)20-21(30)27-23(32)25(35,36)24(20,33)34;2*1-2/h1-5,10,20,33-36H,6-9,11-13H2,(H,27,30,32);2*1-2H3. The third-order valence-corrected chi connectivity index (χ3v) is 6.97. The Bertz CT molecular complexity index is 1300. The number of hydrogen-bond acceptors (Lipinski definition) is 10. The number of carbonyl (C=O) groups excluding carboxylic acids is 3. The molecule has 0 aliphatic carbocycles. The molecule has 0 aromatic heterocycles. The molecule has 3 heterocycles. The fourth-order valence-corrected chi connectivity index (χ4v) is 4.82. The van der Waals surface area contributed by atoms with Gasteiger partial charge in [-0.05, 0) is 23.8 Å². The summed E-state index contributed by atoms with van der Waals surface area (Å²) in [4.78, 5) is 40.1. The van der Waals surface area contributed by atoms with Crippen molar-refractivity contribution in [3.63, 3.8) is 0 Å². The second-order valence-corrected chi connectivity index (χ2v) is 9.44. The van der Waals surface area contributed by atoms with E-state index in [1.165, 1.54) is 24.3 Å². The highest BCUT2D eigenvalue weighted by Crippen LogP contribution is 2.37. The first-order chi connectivity index (χ1) is 20.0. The number of nitrogens with one attached hydrogen (secondary N) is 1. The van der Waals surface area contributed by atoms with Crippen LogP contribution in [0.1, 0.15) is 54.7 Å². The Morgan fingerprint density at radius 1 is 1.02 bits per heavy atom. The summed E-state index contributed by atoms with van der Waals surface area (Å²) in [5.41, 5.74) is 1.41. The van der Waals surface area contributed by atoms with E-state index >= 15 is 0 Å². The molecule has 0 radical (unpaired) electrons. The number of rotatable bonds is 6. The maximum Gasteiger partial charge on any atom is 0.303 e. The van der Waals surface area contributed by atoms with Gasteiger partial charge >= 0.3 is 5.79 Å². The minimum Gasteiger partial charge on any atom is -0.488 e. The number of aliphatic hydroxyl groups is 4. The van der Waals surface area contributed by atoms with Crippen LogP contribution in [0, 0.1) is 5.82 Å². The van der Waals surface area contributed by atoms with Crippen molar-refractivity contribution >= 4 is 17.7 Å². The van der Waals surface area contributed by atoms with E-state index in [4.69, 9.17) is 9.47 Å². The Labute approximate surface area is 243 Å². The number of fused-ring (bicyclic) bond motifs is 1. The molecule has 2 fully saturated rings. The monoisotopic (exact) mass is 591 g/mol. The van der Waals surface area contributed by atoms with Crippen LogP contribution in [0.3, 0.4) is 0 Å². The van der Waals surface area contributed by atoms with Gasteiger partial charge in [-0.2, -0.15) is 0 Å². The van der Waals surface area contributed by atoms with Gasteiger partial charge in [0.05, 0.1) is 19.8 Å². The highest BCUT2D eigenvalue weighted by atomic mass is 19.1. The predicted octanol–water partition coefficient (Wildman–Crippen LogP) is 0.632. The van der Waals surface area contributed by atoms with Crippen molar-refractivity contribution in [3.8, 4) is 5.75 Å². The molecule has 13 heteroatoms. The fraction of sp³-hybridized carbons (Fsp3) is 0.483.